The van der Waals surface area contributed by atoms with Crippen molar-refractivity contribution in [2.75, 3.05) is 0 Å². The SMILES string of the molecule is CC(C)(C)C(=O)Oc1cccc(C2(Oc3ccccc3)OOC23C2CC4CC(C2)CC3C4)c1. The molecular weight excluding hydrogens is 416 g/mol. The van der Waals surface area contributed by atoms with Crippen LogP contribution in [0.4, 0.5) is 0 Å². The summed E-state index contributed by atoms with van der Waals surface area (Å²) >= 11 is 0. The predicted molar refractivity (Wildman–Crippen MR) is 122 cm³/mol. The van der Waals surface area contributed by atoms with E-state index in [1.165, 1.54) is 6.42 Å². The monoisotopic (exact) mass is 448 g/mol. The van der Waals surface area contributed by atoms with Crippen LogP contribution in [0.1, 0.15) is 58.4 Å². The molecule has 0 aromatic heterocycles. The fourth-order valence-electron chi connectivity index (χ4n) is 6.88. The minimum absolute atomic E-state index is 0.271. The zero-order chi connectivity index (χ0) is 22.8. The molecule has 1 saturated heterocycles. The molecule has 33 heavy (non-hydrogen) atoms. The zero-order valence-corrected chi connectivity index (χ0v) is 19.6. The predicted octanol–water partition coefficient (Wildman–Crippen LogP) is 6.03. The summed E-state index contributed by atoms with van der Waals surface area (Å²) in [5.74, 6) is 2.27. The number of hydrogen-bond acceptors (Lipinski definition) is 5. The molecule has 0 amide bonds. The first-order valence-corrected chi connectivity index (χ1v) is 12.2. The third-order valence-electron chi connectivity index (χ3n) is 8.20. The lowest BCUT2D eigenvalue weighted by atomic mass is 9.47. The second-order valence-corrected chi connectivity index (χ2v) is 11.5. The standard InChI is InChI=1S/C28H32O5/c1-26(2,3)25(29)30-24-11-7-8-20(17-24)28(31-23-9-5-4-6-10-23)27(32-33-28)21-13-18-12-19(15-21)16-22(27)14-18/h4-11,17-19,21-22H,12-16H2,1-3H3. The van der Waals surface area contributed by atoms with Gasteiger partial charge in [0, 0.05) is 5.56 Å². The number of carbonyl (C=O) groups is 1. The molecule has 2 aromatic carbocycles. The highest BCUT2D eigenvalue weighted by atomic mass is 17.3. The van der Waals surface area contributed by atoms with E-state index >= 15 is 0 Å². The first-order valence-electron chi connectivity index (χ1n) is 12.2. The van der Waals surface area contributed by atoms with Crippen LogP contribution in [0.3, 0.4) is 0 Å². The van der Waals surface area contributed by atoms with Gasteiger partial charge in [0.1, 0.15) is 11.5 Å². The van der Waals surface area contributed by atoms with Gasteiger partial charge in [0.25, 0.3) is 5.79 Å². The van der Waals surface area contributed by atoms with E-state index in [0.717, 1.165) is 48.8 Å². The van der Waals surface area contributed by atoms with Gasteiger partial charge in [-0.15, -0.1) is 0 Å². The second-order valence-electron chi connectivity index (χ2n) is 11.5. The van der Waals surface area contributed by atoms with Crippen LogP contribution in [-0.4, -0.2) is 11.6 Å². The van der Waals surface area contributed by atoms with Crippen molar-refractivity contribution in [1.82, 2.24) is 0 Å². The maximum absolute atomic E-state index is 12.6. The van der Waals surface area contributed by atoms with Gasteiger partial charge >= 0.3 is 5.97 Å². The molecule has 2 aromatic rings. The minimum Gasteiger partial charge on any atom is -0.452 e. The molecule has 4 bridgehead atoms. The summed E-state index contributed by atoms with van der Waals surface area (Å²) in [7, 11) is 0. The summed E-state index contributed by atoms with van der Waals surface area (Å²) in [6.07, 6.45) is 6.00. The number of ether oxygens (including phenoxy) is 2. The van der Waals surface area contributed by atoms with Crippen LogP contribution in [0, 0.1) is 29.1 Å². The number of rotatable bonds is 4. The second kappa shape index (κ2) is 7.31. The van der Waals surface area contributed by atoms with Crippen LogP contribution in [-0.2, 0) is 20.4 Å². The molecule has 1 aliphatic heterocycles. The molecule has 5 aliphatic rings. The maximum atomic E-state index is 12.6. The van der Waals surface area contributed by atoms with E-state index < -0.39 is 16.8 Å². The van der Waals surface area contributed by atoms with Gasteiger partial charge in [-0.2, -0.15) is 4.89 Å². The van der Waals surface area contributed by atoms with Gasteiger partial charge in [-0.25, -0.2) is 4.89 Å². The molecule has 7 rings (SSSR count). The van der Waals surface area contributed by atoms with Crippen molar-refractivity contribution in [3.63, 3.8) is 0 Å². The van der Waals surface area contributed by atoms with Gasteiger partial charge in [0.05, 0.1) is 5.41 Å². The molecule has 4 aliphatic carbocycles. The summed E-state index contributed by atoms with van der Waals surface area (Å²) in [4.78, 5) is 24.8. The van der Waals surface area contributed by atoms with E-state index in [-0.39, 0.29) is 5.97 Å². The molecule has 0 N–H and O–H groups in total. The normalized spacial score (nSPS) is 36.5. The summed E-state index contributed by atoms with van der Waals surface area (Å²) in [5.41, 5.74) is -0.278. The molecule has 5 fully saturated rings. The zero-order valence-electron chi connectivity index (χ0n) is 19.6. The Bertz CT molecular complexity index is 1030. The third kappa shape index (κ3) is 3.16. The number of esters is 1. The van der Waals surface area contributed by atoms with Gasteiger partial charge in [0.15, 0.2) is 5.60 Å². The van der Waals surface area contributed by atoms with Crippen LogP contribution < -0.4 is 9.47 Å². The Balaban J connectivity index is 1.42. The summed E-state index contributed by atoms with van der Waals surface area (Å²) in [6.45, 7) is 5.56. The third-order valence-corrected chi connectivity index (χ3v) is 8.20. The van der Waals surface area contributed by atoms with Gasteiger partial charge in [-0.1, -0.05) is 30.3 Å². The summed E-state index contributed by atoms with van der Waals surface area (Å²) < 4.78 is 12.5. The Morgan fingerprint density at radius 2 is 1.48 bits per heavy atom. The lowest BCUT2D eigenvalue weighted by Crippen LogP contribution is -2.77. The summed E-state index contributed by atoms with van der Waals surface area (Å²) in [5, 5.41) is 0. The minimum atomic E-state index is -1.07. The van der Waals surface area contributed by atoms with Crippen molar-refractivity contribution < 1.29 is 24.0 Å². The van der Waals surface area contributed by atoms with Crippen LogP contribution in [0.5, 0.6) is 11.5 Å². The van der Waals surface area contributed by atoms with E-state index in [2.05, 4.69) is 0 Å². The Labute approximate surface area is 195 Å². The van der Waals surface area contributed by atoms with Gasteiger partial charge in [-0.3, -0.25) is 4.79 Å². The molecule has 5 heteroatoms. The first-order chi connectivity index (χ1) is 15.8. The van der Waals surface area contributed by atoms with Gasteiger partial charge in [-0.05, 0) is 101 Å². The maximum Gasteiger partial charge on any atom is 0.316 e. The fraction of sp³-hybridized carbons (Fsp3) is 0.536. The van der Waals surface area contributed by atoms with Gasteiger partial charge < -0.3 is 9.47 Å². The lowest BCUT2D eigenvalue weighted by Gasteiger charge is -2.68. The van der Waals surface area contributed by atoms with E-state index in [9.17, 15) is 4.79 Å². The van der Waals surface area contributed by atoms with Crippen molar-refractivity contribution in [1.29, 1.82) is 0 Å². The highest BCUT2D eigenvalue weighted by molar-refractivity contribution is 5.77. The fourth-order valence-corrected chi connectivity index (χ4v) is 6.88. The van der Waals surface area contributed by atoms with E-state index in [1.54, 1.807) is 0 Å². The number of carbonyl (C=O) groups excluding carboxylic acids is 1. The van der Waals surface area contributed by atoms with Gasteiger partial charge in [0.2, 0.25) is 0 Å². The molecule has 1 atom stereocenters. The van der Waals surface area contributed by atoms with E-state index in [4.69, 9.17) is 19.2 Å². The topological polar surface area (TPSA) is 54.0 Å². The van der Waals surface area contributed by atoms with Crippen LogP contribution in [0.2, 0.25) is 0 Å². The molecule has 5 nitrogen and oxygen atoms in total. The van der Waals surface area contributed by atoms with Crippen molar-refractivity contribution in [3.8, 4) is 11.5 Å². The molecule has 4 saturated carbocycles. The molecule has 174 valence electrons. The van der Waals surface area contributed by atoms with E-state index in [0.29, 0.717) is 17.6 Å². The highest BCUT2D eigenvalue weighted by Crippen LogP contribution is 2.69. The number of para-hydroxylation sites is 1. The Morgan fingerprint density at radius 3 is 2.06 bits per heavy atom. The van der Waals surface area contributed by atoms with Crippen molar-refractivity contribution in [3.05, 3.63) is 60.2 Å². The molecule has 0 radical (unpaired) electrons. The molecule has 1 unspecified atom stereocenters. The number of hydrogen-bond donors (Lipinski definition) is 0. The summed E-state index contributed by atoms with van der Waals surface area (Å²) in [6, 6.07) is 17.4. The largest absolute Gasteiger partial charge is 0.452 e. The molecular formula is C28H32O5. The average Bonchev–Trinajstić information content (AvgIpc) is 2.76. The molecule has 1 heterocycles. The van der Waals surface area contributed by atoms with Crippen LogP contribution in [0.15, 0.2) is 54.6 Å². The molecule has 1 spiro atoms. The highest BCUT2D eigenvalue weighted by Gasteiger charge is 2.77. The average molecular weight is 449 g/mol. The quantitative estimate of drug-likeness (QED) is 0.325. The van der Waals surface area contributed by atoms with Crippen molar-refractivity contribution in [2.24, 2.45) is 29.1 Å². The van der Waals surface area contributed by atoms with Crippen LogP contribution >= 0.6 is 0 Å². The van der Waals surface area contributed by atoms with Crippen LogP contribution in [0.25, 0.3) is 0 Å². The number of benzene rings is 2. The lowest BCUT2D eigenvalue weighted by molar-refractivity contribution is -0.635. The Morgan fingerprint density at radius 1 is 0.848 bits per heavy atom. The Hall–Kier alpha value is -2.37. The van der Waals surface area contributed by atoms with Crippen molar-refractivity contribution >= 4 is 5.97 Å². The van der Waals surface area contributed by atoms with E-state index in [1.807, 2.05) is 75.4 Å². The smallest absolute Gasteiger partial charge is 0.316 e. The first kappa shape index (κ1) is 21.2. The Kier molecular flexibility index (Phi) is 4.69. The van der Waals surface area contributed by atoms with Crippen molar-refractivity contribution in [2.45, 2.75) is 64.3 Å².